The van der Waals surface area contributed by atoms with Gasteiger partial charge in [-0.3, -0.25) is 0 Å². The molecule has 1 atom stereocenters. The molecule has 0 aliphatic carbocycles. The second kappa shape index (κ2) is 5.06. The number of hydrogen-bond donors (Lipinski definition) is 1. The van der Waals surface area contributed by atoms with Gasteiger partial charge in [-0.15, -0.1) is 0 Å². The number of hydrogen-bond acceptors (Lipinski definition) is 2. The molecule has 2 nitrogen and oxygen atoms in total. The molecular formula is C11H13Cl2NO. The predicted molar refractivity (Wildman–Crippen MR) is 62.9 cm³/mol. The Kier molecular flexibility index (Phi) is 3.73. The molecule has 2 rings (SSSR count). The van der Waals surface area contributed by atoms with E-state index in [1.165, 1.54) is 0 Å². The van der Waals surface area contributed by atoms with Crippen molar-refractivity contribution < 1.29 is 4.74 Å². The molecule has 1 aliphatic heterocycles. The fourth-order valence-corrected chi connectivity index (χ4v) is 1.99. The van der Waals surface area contributed by atoms with Crippen molar-refractivity contribution in [1.29, 1.82) is 0 Å². The first-order chi connectivity index (χ1) is 7.25. The van der Waals surface area contributed by atoms with Crippen molar-refractivity contribution >= 4 is 23.2 Å². The minimum atomic E-state index is 0.583. The molecule has 82 valence electrons. The Morgan fingerprint density at radius 1 is 1.40 bits per heavy atom. The van der Waals surface area contributed by atoms with E-state index in [4.69, 9.17) is 27.9 Å². The minimum Gasteiger partial charge on any atom is -0.492 e. The standard InChI is InChI=1S/C11H13Cl2NO/c12-9-1-2-10(13)11(5-9)15-7-8-3-4-14-6-8/h1-2,5,8,14H,3-4,6-7H2/t8-/m0/s1. The predicted octanol–water partition coefficient (Wildman–Crippen LogP) is 2.98. The second-order valence-electron chi connectivity index (χ2n) is 3.74. The van der Waals surface area contributed by atoms with Gasteiger partial charge in [0.15, 0.2) is 0 Å². The maximum atomic E-state index is 5.98. The van der Waals surface area contributed by atoms with E-state index in [0.717, 1.165) is 19.5 Å². The summed E-state index contributed by atoms with van der Waals surface area (Å²) in [4.78, 5) is 0. The summed E-state index contributed by atoms with van der Waals surface area (Å²) < 4.78 is 5.65. The third kappa shape index (κ3) is 3.00. The zero-order valence-corrected chi connectivity index (χ0v) is 9.81. The monoisotopic (exact) mass is 245 g/mol. The molecule has 0 radical (unpaired) electrons. The summed E-state index contributed by atoms with van der Waals surface area (Å²) in [5, 5.41) is 4.56. The zero-order valence-electron chi connectivity index (χ0n) is 8.30. The molecule has 4 heteroatoms. The van der Waals surface area contributed by atoms with Crippen molar-refractivity contribution in [2.45, 2.75) is 6.42 Å². The Morgan fingerprint density at radius 2 is 2.27 bits per heavy atom. The van der Waals surface area contributed by atoms with Crippen molar-refractivity contribution in [2.24, 2.45) is 5.92 Å². The summed E-state index contributed by atoms with van der Waals surface area (Å²) >= 11 is 11.8. The molecule has 1 saturated heterocycles. The van der Waals surface area contributed by atoms with Crippen LogP contribution in [0.2, 0.25) is 10.0 Å². The first-order valence-electron chi connectivity index (χ1n) is 5.04. The van der Waals surface area contributed by atoms with Crippen LogP contribution in [-0.2, 0) is 0 Å². The number of halogens is 2. The largest absolute Gasteiger partial charge is 0.492 e. The lowest BCUT2D eigenvalue weighted by Crippen LogP contribution is -2.15. The van der Waals surface area contributed by atoms with Crippen molar-refractivity contribution in [3.05, 3.63) is 28.2 Å². The van der Waals surface area contributed by atoms with Crippen molar-refractivity contribution in [1.82, 2.24) is 5.32 Å². The topological polar surface area (TPSA) is 21.3 Å². The molecule has 1 N–H and O–H groups in total. The van der Waals surface area contributed by atoms with Crippen LogP contribution in [0.5, 0.6) is 5.75 Å². The van der Waals surface area contributed by atoms with E-state index in [2.05, 4.69) is 5.32 Å². The van der Waals surface area contributed by atoms with Gasteiger partial charge in [0.25, 0.3) is 0 Å². The highest BCUT2D eigenvalue weighted by Crippen LogP contribution is 2.28. The lowest BCUT2D eigenvalue weighted by molar-refractivity contribution is 0.260. The molecule has 1 fully saturated rings. The van der Waals surface area contributed by atoms with Gasteiger partial charge < -0.3 is 10.1 Å². The maximum absolute atomic E-state index is 5.98. The molecule has 0 saturated carbocycles. The Hall–Kier alpha value is -0.440. The molecule has 1 aliphatic rings. The fourth-order valence-electron chi connectivity index (χ4n) is 1.65. The summed E-state index contributed by atoms with van der Waals surface area (Å²) in [7, 11) is 0. The minimum absolute atomic E-state index is 0.583. The molecule has 15 heavy (non-hydrogen) atoms. The highest BCUT2D eigenvalue weighted by atomic mass is 35.5. The summed E-state index contributed by atoms with van der Waals surface area (Å²) in [5.74, 6) is 1.26. The summed E-state index contributed by atoms with van der Waals surface area (Å²) in [6.07, 6.45) is 1.16. The quantitative estimate of drug-likeness (QED) is 0.885. The SMILES string of the molecule is Clc1ccc(Cl)c(OC[C@H]2CCNC2)c1. The lowest BCUT2D eigenvalue weighted by atomic mass is 10.1. The van der Waals surface area contributed by atoms with Crippen LogP contribution in [0.1, 0.15) is 6.42 Å². The van der Waals surface area contributed by atoms with Gasteiger partial charge >= 0.3 is 0 Å². The normalized spacial score (nSPS) is 20.5. The summed E-state index contributed by atoms with van der Waals surface area (Å²) in [5.41, 5.74) is 0. The second-order valence-corrected chi connectivity index (χ2v) is 4.59. The van der Waals surface area contributed by atoms with Gasteiger partial charge in [0.1, 0.15) is 5.75 Å². The molecule has 0 unspecified atom stereocenters. The average molecular weight is 246 g/mol. The van der Waals surface area contributed by atoms with Gasteiger partial charge in [-0.25, -0.2) is 0 Å². The van der Waals surface area contributed by atoms with Crippen LogP contribution >= 0.6 is 23.2 Å². The summed E-state index contributed by atoms with van der Waals surface area (Å²) in [6.45, 7) is 2.81. The zero-order chi connectivity index (χ0) is 10.7. The van der Waals surface area contributed by atoms with E-state index in [9.17, 15) is 0 Å². The van der Waals surface area contributed by atoms with E-state index in [0.29, 0.717) is 28.3 Å². The fraction of sp³-hybridized carbons (Fsp3) is 0.455. The van der Waals surface area contributed by atoms with Crippen molar-refractivity contribution in [2.75, 3.05) is 19.7 Å². The van der Waals surface area contributed by atoms with E-state index < -0.39 is 0 Å². The Labute approximate surface area is 99.5 Å². The third-order valence-electron chi connectivity index (χ3n) is 2.53. The maximum Gasteiger partial charge on any atom is 0.139 e. The number of benzene rings is 1. The highest BCUT2D eigenvalue weighted by Gasteiger charge is 2.15. The van der Waals surface area contributed by atoms with Gasteiger partial charge in [0.2, 0.25) is 0 Å². The van der Waals surface area contributed by atoms with Crippen molar-refractivity contribution in [3.8, 4) is 5.75 Å². The Balaban J connectivity index is 1.94. The third-order valence-corrected chi connectivity index (χ3v) is 3.08. The number of rotatable bonds is 3. The van der Waals surface area contributed by atoms with Gasteiger partial charge in [0.05, 0.1) is 11.6 Å². The van der Waals surface area contributed by atoms with Crippen LogP contribution in [0.25, 0.3) is 0 Å². The van der Waals surface area contributed by atoms with Gasteiger partial charge in [-0.05, 0) is 25.1 Å². The Bertz CT molecular complexity index is 337. The van der Waals surface area contributed by atoms with Gasteiger partial charge in [-0.2, -0.15) is 0 Å². The molecule has 0 spiro atoms. The average Bonchev–Trinajstić information content (AvgIpc) is 2.72. The first-order valence-corrected chi connectivity index (χ1v) is 5.80. The highest BCUT2D eigenvalue weighted by molar-refractivity contribution is 6.34. The Morgan fingerprint density at radius 3 is 3.00 bits per heavy atom. The van der Waals surface area contributed by atoms with Crippen LogP contribution in [0, 0.1) is 5.92 Å². The van der Waals surface area contributed by atoms with Crippen LogP contribution in [0.4, 0.5) is 0 Å². The summed E-state index contributed by atoms with van der Waals surface area (Å²) in [6, 6.07) is 5.27. The number of ether oxygens (including phenoxy) is 1. The van der Waals surface area contributed by atoms with Gasteiger partial charge in [-0.1, -0.05) is 23.2 Å². The van der Waals surface area contributed by atoms with E-state index in [-0.39, 0.29) is 0 Å². The van der Waals surface area contributed by atoms with E-state index >= 15 is 0 Å². The molecule has 0 aromatic heterocycles. The van der Waals surface area contributed by atoms with Crippen LogP contribution in [0.15, 0.2) is 18.2 Å². The van der Waals surface area contributed by atoms with E-state index in [1.807, 2.05) is 0 Å². The number of nitrogens with one attached hydrogen (secondary N) is 1. The first kappa shape index (κ1) is 11.1. The molecule has 1 aromatic carbocycles. The lowest BCUT2D eigenvalue weighted by Gasteiger charge is -2.12. The van der Waals surface area contributed by atoms with Crippen LogP contribution < -0.4 is 10.1 Å². The van der Waals surface area contributed by atoms with Crippen molar-refractivity contribution in [3.63, 3.8) is 0 Å². The van der Waals surface area contributed by atoms with E-state index in [1.54, 1.807) is 18.2 Å². The smallest absolute Gasteiger partial charge is 0.139 e. The molecule has 0 bridgehead atoms. The molecular weight excluding hydrogens is 233 g/mol. The molecule has 1 heterocycles. The van der Waals surface area contributed by atoms with Crippen LogP contribution in [-0.4, -0.2) is 19.7 Å². The molecule has 0 amide bonds. The molecule has 1 aromatic rings. The van der Waals surface area contributed by atoms with Gasteiger partial charge in [0, 0.05) is 23.6 Å². The van der Waals surface area contributed by atoms with Crippen LogP contribution in [0.3, 0.4) is 0 Å².